The van der Waals surface area contributed by atoms with Crippen LogP contribution in [0.4, 0.5) is 0 Å². The van der Waals surface area contributed by atoms with Gasteiger partial charge in [0.25, 0.3) is 0 Å². The monoisotopic (exact) mass is 238 g/mol. The van der Waals surface area contributed by atoms with Crippen LogP contribution >= 0.6 is 0 Å². The van der Waals surface area contributed by atoms with E-state index in [1.165, 1.54) is 5.57 Å². The fraction of sp³-hybridized carbons (Fsp3) is 0.857. The van der Waals surface area contributed by atoms with Crippen molar-refractivity contribution in [3.63, 3.8) is 0 Å². The van der Waals surface area contributed by atoms with Gasteiger partial charge in [-0.3, -0.25) is 4.90 Å². The van der Waals surface area contributed by atoms with Crippen LogP contribution in [0.3, 0.4) is 0 Å². The first-order valence-corrected chi connectivity index (χ1v) is 6.80. The van der Waals surface area contributed by atoms with Gasteiger partial charge in [-0.2, -0.15) is 0 Å². The van der Waals surface area contributed by atoms with Crippen LogP contribution in [0.25, 0.3) is 0 Å². The molecule has 5 atom stereocenters. The van der Waals surface area contributed by atoms with Crippen LogP contribution < -0.4 is 5.73 Å². The lowest BCUT2D eigenvalue weighted by atomic mass is 9.83. The normalized spacial score (nSPS) is 44.5. The number of rotatable bonds is 1. The first kappa shape index (κ1) is 13.1. The lowest BCUT2D eigenvalue weighted by Crippen LogP contribution is -2.53. The van der Waals surface area contributed by atoms with Crippen LogP contribution in [-0.2, 0) is 4.74 Å². The maximum Gasteiger partial charge on any atom is 0.0678 e. The molecule has 3 heteroatoms. The molecular formula is C14H26N2O. The van der Waals surface area contributed by atoms with Crippen LogP contribution in [0, 0.1) is 5.92 Å². The van der Waals surface area contributed by atoms with Gasteiger partial charge in [-0.1, -0.05) is 18.6 Å². The molecule has 0 spiro atoms. The zero-order chi connectivity index (χ0) is 12.6. The van der Waals surface area contributed by atoms with Crippen molar-refractivity contribution in [1.29, 1.82) is 0 Å². The maximum atomic E-state index is 6.10. The van der Waals surface area contributed by atoms with Crippen LogP contribution in [-0.4, -0.2) is 42.3 Å². The average Bonchev–Trinajstić information content (AvgIpc) is 2.22. The minimum atomic E-state index is 0.261. The summed E-state index contributed by atoms with van der Waals surface area (Å²) in [6.45, 7) is 10.9. The molecule has 3 nitrogen and oxygen atoms in total. The van der Waals surface area contributed by atoms with Crippen molar-refractivity contribution in [2.45, 2.75) is 58.4 Å². The Morgan fingerprint density at radius 1 is 1.24 bits per heavy atom. The fourth-order valence-electron chi connectivity index (χ4n) is 3.21. The summed E-state index contributed by atoms with van der Waals surface area (Å²) < 4.78 is 5.80. The summed E-state index contributed by atoms with van der Waals surface area (Å²) in [5, 5.41) is 0. The van der Waals surface area contributed by atoms with E-state index in [2.05, 4.69) is 38.7 Å². The number of nitrogens with two attached hydrogens (primary N) is 1. The van der Waals surface area contributed by atoms with Gasteiger partial charge in [-0.25, -0.2) is 0 Å². The van der Waals surface area contributed by atoms with E-state index in [-0.39, 0.29) is 6.04 Å². The number of morpholine rings is 1. The third kappa shape index (κ3) is 2.90. The van der Waals surface area contributed by atoms with Gasteiger partial charge in [0.05, 0.1) is 12.2 Å². The zero-order valence-electron chi connectivity index (χ0n) is 11.5. The second-order valence-electron chi connectivity index (χ2n) is 5.93. The summed E-state index contributed by atoms with van der Waals surface area (Å²) >= 11 is 0. The van der Waals surface area contributed by atoms with E-state index in [9.17, 15) is 0 Å². The highest BCUT2D eigenvalue weighted by molar-refractivity contribution is 5.17. The summed E-state index contributed by atoms with van der Waals surface area (Å²) in [6.07, 6.45) is 4.17. The molecule has 5 unspecified atom stereocenters. The molecule has 2 N–H and O–H groups in total. The van der Waals surface area contributed by atoms with Crippen molar-refractivity contribution in [2.75, 3.05) is 13.1 Å². The molecule has 1 heterocycles. The molecule has 98 valence electrons. The SMILES string of the molecule is CC1=CC(N2CC(C)OC(C)C2)C(C)CC1N. The van der Waals surface area contributed by atoms with Crippen molar-refractivity contribution in [2.24, 2.45) is 11.7 Å². The maximum absolute atomic E-state index is 6.10. The van der Waals surface area contributed by atoms with Gasteiger partial charge in [-0.15, -0.1) is 0 Å². The largest absolute Gasteiger partial charge is 0.373 e. The molecule has 1 aliphatic carbocycles. The van der Waals surface area contributed by atoms with Crippen LogP contribution in [0.2, 0.25) is 0 Å². The lowest BCUT2D eigenvalue weighted by Gasteiger charge is -2.44. The number of nitrogens with zero attached hydrogens (tertiary/aromatic N) is 1. The quantitative estimate of drug-likeness (QED) is 0.708. The molecular weight excluding hydrogens is 212 g/mol. The van der Waals surface area contributed by atoms with Gasteiger partial charge in [0.1, 0.15) is 0 Å². The number of hydrogen-bond acceptors (Lipinski definition) is 3. The predicted octanol–water partition coefficient (Wildman–Crippen LogP) is 1.78. The summed E-state index contributed by atoms with van der Waals surface area (Å²) in [5.41, 5.74) is 7.45. The highest BCUT2D eigenvalue weighted by atomic mass is 16.5. The Morgan fingerprint density at radius 3 is 2.41 bits per heavy atom. The molecule has 1 aliphatic heterocycles. The van der Waals surface area contributed by atoms with E-state index in [0.717, 1.165) is 19.5 Å². The third-order valence-electron chi connectivity index (χ3n) is 4.10. The smallest absolute Gasteiger partial charge is 0.0678 e. The van der Waals surface area contributed by atoms with Crippen molar-refractivity contribution >= 4 is 0 Å². The molecule has 1 fully saturated rings. The van der Waals surface area contributed by atoms with Gasteiger partial charge in [-0.05, 0) is 33.1 Å². The molecule has 1 saturated heterocycles. The Balaban J connectivity index is 2.10. The molecule has 0 amide bonds. The van der Waals surface area contributed by atoms with E-state index in [1.54, 1.807) is 0 Å². The third-order valence-corrected chi connectivity index (χ3v) is 4.10. The summed E-state index contributed by atoms with van der Waals surface area (Å²) in [6, 6.07) is 0.806. The van der Waals surface area contributed by atoms with Crippen LogP contribution in [0.5, 0.6) is 0 Å². The summed E-state index contributed by atoms with van der Waals surface area (Å²) in [4.78, 5) is 2.57. The Bertz CT molecular complexity index is 293. The minimum absolute atomic E-state index is 0.261. The van der Waals surface area contributed by atoms with E-state index < -0.39 is 0 Å². The summed E-state index contributed by atoms with van der Waals surface area (Å²) in [7, 11) is 0. The predicted molar refractivity (Wildman–Crippen MR) is 70.9 cm³/mol. The van der Waals surface area contributed by atoms with Gasteiger partial charge in [0.15, 0.2) is 0 Å². The molecule has 0 aromatic heterocycles. The highest BCUT2D eigenvalue weighted by Gasteiger charge is 2.33. The number of ether oxygens (including phenoxy) is 1. The lowest BCUT2D eigenvalue weighted by molar-refractivity contribution is -0.0812. The van der Waals surface area contributed by atoms with Gasteiger partial charge in [0.2, 0.25) is 0 Å². The van der Waals surface area contributed by atoms with Gasteiger partial charge < -0.3 is 10.5 Å². The molecule has 0 radical (unpaired) electrons. The highest BCUT2D eigenvalue weighted by Crippen LogP contribution is 2.28. The van der Waals surface area contributed by atoms with E-state index >= 15 is 0 Å². The molecule has 0 bridgehead atoms. The van der Waals surface area contributed by atoms with Gasteiger partial charge >= 0.3 is 0 Å². The minimum Gasteiger partial charge on any atom is -0.373 e. The van der Waals surface area contributed by atoms with Crippen molar-refractivity contribution in [3.8, 4) is 0 Å². The van der Waals surface area contributed by atoms with Crippen LogP contribution in [0.15, 0.2) is 11.6 Å². The Kier molecular flexibility index (Phi) is 3.91. The van der Waals surface area contributed by atoms with Crippen molar-refractivity contribution in [3.05, 3.63) is 11.6 Å². The first-order valence-electron chi connectivity index (χ1n) is 6.80. The summed E-state index contributed by atoms with van der Waals surface area (Å²) in [5.74, 6) is 0.645. The molecule has 0 aromatic carbocycles. The first-order chi connectivity index (χ1) is 7.97. The second-order valence-corrected chi connectivity index (χ2v) is 5.93. The van der Waals surface area contributed by atoms with Crippen molar-refractivity contribution < 1.29 is 4.74 Å². The van der Waals surface area contributed by atoms with Crippen molar-refractivity contribution in [1.82, 2.24) is 4.90 Å². The molecule has 2 rings (SSSR count). The standard InChI is InChI=1S/C14H26N2O/c1-9-6-14(10(2)5-13(9)15)16-7-11(3)17-12(4)8-16/h6,10-14H,5,7-8,15H2,1-4H3. The zero-order valence-corrected chi connectivity index (χ0v) is 11.5. The van der Waals surface area contributed by atoms with Gasteiger partial charge in [0, 0.05) is 25.2 Å². The number of hydrogen-bond donors (Lipinski definition) is 1. The average molecular weight is 238 g/mol. The Labute approximate surface area is 105 Å². The molecule has 2 aliphatic rings. The fourth-order valence-corrected chi connectivity index (χ4v) is 3.21. The Hall–Kier alpha value is -0.380. The van der Waals surface area contributed by atoms with E-state index in [0.29, 0.717) is 24.2 Å². The Morgan fingerprint density at radius 2 is 1.82 bits per heavy atom. The van der Waals surface area contributed by atoms with E-state index in [4.69, 9.17) is 10.5 Å². The molecule has 0 aromatic rings. The van der Waals surface area contributed by atoms with E-state index in [1.807, 2.05) is 0 Å². The second kappa shape index (κ2) is 5.09. The topological polar surface area (TPSA) is 38.5 Å². The molecule has 0 saturated carbocycles. The molecule has 17 heavy (non-hydrogen) atoms. The van der Waals surface area contributed by atoms with Crippen LogP contribution in [0.1, 0.15) is 34.1 Å².